The Kier molecular flexibility index (Phi) is 5.34. The Morgan fingerprint density at radius 1 is 0.765 bits per heavy atom. The van der Waals surface area contributed by atoms with E-state index in [2.05, 4.69) is 18.7 Å². The minimum atomic E-state index is 0.832. The van der Waals surface area contributed by atoms with Crippen LogP contribution >= 0.6 is 0 Å². The third-order valence-corrected chi connectivity index (χ3v) is 4.66. The average Bonchev–Trinajstić information content (AvgIpc) is 2.38. The number of hydrogen-bond donors (Lipinski definition) is 0. The molecule has 2 aliphatic carbocycles. The Hall–Kier alpha value is -0.0400. The maximum atomic E-state index is 2.92. The van der Waals surface area contributed by atoms with Gasteiger partial charge in [-0.25, -0.2) is 0 Å². The molecule has 0 saturated heterocycles. The first-order valence-electron chi connectivity index (χ1n) is 8.03. The van der Waals surface area contributed by atoms with Crippen molar-refractivity contribution in [3.63, 3.8) is 0 Å². The van der Waals surface area contributed by atoms with E-state index in [9.17, 15) is 0 Å². The van der Waals surface area contributed by atoms with Crippen LogP contribution in [-0.2, 0) is 0 Å². The van der Waals surface area contributed by atoms with Gasteiger partial charge in [-0.2, -0.15) is 0 Å². The first kappa shape index (κ1) is 13.4. The number of nitrogens with zero attached hydrogens (tertiary/aromatic N) is 1. The molecule has 2 fully saturated rings. The van der Waals surface area contributed by atoms with Crippen LogP contribution in [0.25, 0.3) is 0 Å². The Labute approximate surface area is 108 Å². The van der Waals surface area contributed by atoms with Crippen LogP contribution in [0.2, 0.25) is 0 Å². The van der Waals surface area contributed by atoms with Gasteiger partial charge in [0.15, 0.2) is 0 Å². The first-order chi connectivity index (χ1) is 8.27. The number of hydrogen-bond acceptors (Lipinski definition) is 1. The van der Waals surface area contributed by atoms with Gasteiger partial charge in [-0.05, 0) is 31.6 Å². The van der Waals surface area contributed by atoms with E-state index in [0.29, 0.717) is 0 Å². The molecule has 2 aliphatic rings. The van der Waals surface area contributed by atoms with Crippen molar-refractivity contribution in [3.05, 3.63) is 0 Å². The Morgan fingerprint density at radius 3 is 1.53 bits per heavy atom. The summed E-state index contributed by atoms with van der Waals surface area (Å²) in [5.41, 5.74) is 0. The van der Waals surface area contributed by atoms with E-state index in [1.54, 1.807) is 0 Å². The predicted molar refractivity (Wildman–Crippen MR) is 75.3 cm³/mol. The summed E-state index contributed by atoms with van der Waals surface area (Å²) < 4.78 is 0. The highest BCUT2D eigenvalue weighted by atomic mass is 15.2. The van der Waals surface area contributed by atoms with Crippen molar-refractivity contribution in [1.29, 1.82) is 0 Å². The zero-order valence-corrected chi connectivity index (χ0v) is 12.0. The largest absolute Gasteiger partial charge is 0.297 e. The second kappa shape index (κ2) is 6.78. The van der Waals surface area contributed by atoms with Crippen molar-refractivity contribution in [3.8, 4) is 0 Å². The molecule has 0 atom stereocenters. The molecule has 0 radical (unpaired) electrons. The third-order valence-electron chi connectivity index (χ3n) is 4.66. The van der Waals surface area contributed by atoms with Gasteiger partial charge in [0.25, 0.3) is 0 Å². The lowest BCUT2D eigenvalue weighted by molar-refractivity contribution is 0.0690. The fourth-order valence-electron chi connectivity index (χ4n) is 3.84. The molecule has 2 rings (SSSR count). The monoisotopic (exact) mass is 237 g/mol. The SMILES string of the molecule is CC(C)CN(C1CCCCC1)C1CCCCC1. The van der Waals surface area contributed by atoms with Crippen molar-refractivity contribution in [2.75, 3.05) is 6.54 Å². The molecule has 0 spiro atoms. The molecule has 1 heteroatoms. The maximum Gasteiger partial charge on any atom is 0.00983 e. The minimum Gasteiger partial charge on any atom is -0.297 e. The molecule has 0 bridgehead atoms. The van der Waals surface area contributed by atoms with Gasteiger partial charge in [0.2, 0.25) is 0 Å². The van der Waals surface area contributed by atoms with E-state index in [0.717, 1.165) is 18.0 Å². The van der Waals surface area contributed by atoms with Crippen LogP contribution in [0.5, 0.6) is 0 Å². The Morgan fingerprint density at radius 2 is 1.18 bits per heavy atom. The quantitative estimate of drug-likeness (QED) is 0.690. The lowest BCUT2D eigenvalue weighted by Crippen LogP contribution is -2.46. The van der Waals surface area contributed by atoms with Gasteiger partial charge < -0.3 is 0 Å². The molecular formula is C16H31N. The van der Waals surface area contributed by atoms with Crippen molar-refractivity contribution >= 4 is 0 Å². The second-order valence-corrected chi connectivity index (χ2v) is 6.67. The summed E-state index contributed by atoms with van der Waals surface area (Å²) in [6.45, 7) is 6.12. The van der Waals surface area contributed by atoms with Crippen LogP contribution in [0.4, 0.5) is 0 Å². The van der Waals surface area contributed by atoms with Crippen LogP contribution in [0, 0.1) is 5.92 Å². The van der Waals surface area contributed by atoms with Gasteiger partial charge in [-0.3, -0.25) is 4.90 Å². The summed E-state index contributed by atoms with van der Waals surface area (Å²) in [5, 5.41) is 0. The van der Waals surface area contributed by atoms with Crippen LogP contribution in [-0.4, -0.2) is 23.5 Å². The Bertz CT molecular complexity index is 182. The van der Waals surface area contributed by atoms with E-state index in [4.69, 9.17) is 0 Å². The fraction of sp³-hybridized carbons (Fsp3) is 1.00. The highest BCUT2D eigenvalue weighted by molar-refractivity contribution is 4.84. The standard InChI is InChI=1S/C16H31N/c1-14(2)13-17(15-9-5-3-6-10-15)16-11-7-4-8-12-16/h14-16H,3-13H2,1-2H3. The topological polar surface area (TPSA) is 3.24 Å². The minimum absolute atomic E-state index is 0.832. The van der Waals surface area contributed by atoms with E-state index < -0.39 is 0 Å². The van der Waals surface area contributed by atoms with Gasteiger partial charge >= 0.3 is 0 Å². The van der Waals surface area contributed by atoms with Crippen LogP contribution in [0.1, 0.15) is 78.1 Å². The summed E-state index contributed by atoms with van der Waals surface area (Å²) in [4.78, 5) is 2.92. The lowest BCUT2D eigenvalue weighted by Gasteiger charge is -2.42. The molecule has 0 aromatic carbocycles. The van der Waals surface area contributed by atoms with Crippen LogP contribution in [0.3, 0.4) is 0 Å². The highest BCUT2D eigenvalue weighted by Gasteiger charge is 2.28. The van der Waals surface area contributed by atoms with Crippen molar-refractivity contribution in [2.45, 2.75) is 90.1 Å². The lowest BCUT2D eigenvalue weighted by atomic mass is 9.88. The van der Waals surface area contributed by atoms with Gasteiger partial charge in [-0.15, -0.1) is 0 Å². The fourth-order valence-corrected chi connectivity index (χ4v) is 3.84. The average molecular weight is 237 g/mol. The van der Waals surface area contributed by atoms with Gasteiger partial charge in [0.05, 0.1) is 0 Å². The maximum absolute atomic E-state index is 2.92. The van der Waals surface area contributed by atoms with Crippen molar-refractivity contribution in [1.82, 2.24) is 4.90 Å². The van der Waals surface area contributed by atoms with E-state index in [1.807, 2.05) is 0 Å². The van der Waals surface area contributed by atoms with Gasteiger partial charge in [-0.1, -0.05) is 52.4 Å². The summed E-state index contributed by atoms with van der Waals surface area (Å²) in [7, 11) is 0. The number of rotatable bonds is 4. The van der Waals surface area contributed by atoms with E-state index in [-0.39, 0.29) is 0 Å². The third kappa shape index (κ3) is 3.98. The summed E-state index contributed by atoms with van der Waals surface area (Å²) >= 11 is 0. The molecule has 0 amide bonds. The first-order valence-corrected chi connectivity index (χ1v) is 8.03. The Balaban J connectivity index is 1.95. The van der Waals surface area contributed by atoms with Crippen LogP contribution in [0.15, 0.2) is 0 Å². The van der Waals surface area contributed by atoms with Gasteiger partial charge in [0.1, 0.15) is 0 Å². The molecule has 100 valence electrons. The molecule has 17 heavy (non-hydrogen) atoms. The normalized spacial score (nSPS) is 24.7. The zero-order chi connectivity index (χ0) is 12.1. The molecule has 0 unspecified atom stereocenters. The summed E-state index contributed by atoms with van der Waals surface area (Å²) in [6.07, 6.45) is 14.8. The van der Waals surface area contributed by atoms with Crippen LogP contribution < -0.4 is 0 Å². The van der Waals surface area contributed by atoms with Crippen molar-refractivity contribution in [2.24, 2.45) is 5.92 Å². The molecular weight excluding hydrogens is 206 g/mol. The summed E-state index contributed by atoms with van der Waals surface area (Å²) in [5.74, 6) is 0.832. The molecule has 0 aliphatic heterocycles. The predicted octanol–water partition coefficient (Wildman–Crippen LogP) is 4.61. The zero-order valence-electron chi connectivity index (χ0n) is 12.0. The molecule has 0 heterocycles. The van der Waals surface area contributed by atoms with E-state index >= 15 is 0 Å². The molecule has 2 saturated carbocycles. The summed E-state index contributed by atoms with van der Waals surface area (Å²) in [6, 6.07) is 1.85. The van der Waals surface area contributed by atoms with E-state index in [1.165, 1.54) is 70.8 Å². The van der Waals surface area contributed by atoms with Crippen molar-refractivity contribution < 1.29 is 0 Å². The highest BCUT2D eigenvalue weighted by Crippen LogP contribution is 2.30. The second-order valence-electron chi connectivity index (χ2n) is 6.67. The molecule has 0 N–H and O–H groups in total. The molecule has 0 aromatic heterocycles. The van der Waals surface area contributed by atoms with Gasteiger partial charge in [0, 0.05) is 18.6 Å². The molecule has 0 aromatic rings. The smallest absolute Gasteiger partial charge is 0.00983 e. The molecule has 1 nitrogen and oxygen atoms in total.